The maximum atomic E-state index is 13.1. The van der Waals surface area contributed by atoms with Crippen molar-refractivity contribution in [3.63, 3.8) is 0 Å². The van der Waals surface area contributed by atoms with E-state index in [9.17, 15) is 4.79 Å². The van der Waals surface area contributed by atoms with Gasteiger partial charge in [0.15, 0.2) is 6.04 Å². The second-order valence-corrected chi connectivity index (χ2v) is 7.51. The highest BCUT2D eigenvalue weighted by Crippen LogP contribution is 2.33. The summed E-state index contributed by atoms with van der Waals surface area (Å²) in [5.41, 5.74) is 1.74. The van der Waals surface area contributed by atoms with Crippen molar-refractivity contribution in [2.75, 3.05) is 11.4 Å². The highest BCUT2D eigenvalue weighted by Gasteiger charge is 2.35. The van der Waals surface area contributed by atoms with E-state index in [1.165, 1.54) is 0 Å². The number of carbonyl (C=O) groups excluding carboxylic acids is 1. The molecular weight excluding hydrogens is 300 g/mol. The first-order chi connectivity index (χ1) is 11.4. The van der Waals surface area contributed by atoms with Gasteiger partial charge in [-0.2, -0.15) is 5.10 Å². The highest BCUT2D eigenvalue weighted by molar-refractivity contribution is 5.87. The van der Waals surface area contributed by atoms with E-state index >= 15 is 0 Å². The molecule has 0 saturated carbocycles. The number of benzene rings is 1. The quantitative estimate of drug-likeness (QED) is 0.921. The van der Waals surface area contributed by atoms with Crippen LogP contribution in [0.5, 0.6) is 0 Å². The first kappa shape index (κ1) is 16.6. The molecule has 1 amide bonds. The van der Waals surface area contributed by atoms with Crippen LogP contribution in [-0.4, -0.2) is 27.8 Å². The standard InChI is InChI=1S/C19H26N4O/c1-14-11-13-22(15-8-6-5-7-9-15)17(16-10-12-20-23(14)16)18(24)21-19(2,3)4/h5-10,12,14,17H,11,13H2,1-4H3,(H,21,24)/t14-,17+/m1/s1. The first-order valence-electron chi connectivity index (χ1n) is 8.54. The molecule has 0 unspecified atom stereocenters. The molecule has 0 aliphatic carbocycles. The average molecular weight is 326 g/mol. The third kappa shape index (κ3) is 3.30. The molecule has 5 nitrogen and oxygen atoms in total. The lowest BCUT2D eigenvalue weighted by molar-refractivity contribution is -0.124. The second-order valence-electron chi connectivity index (χ2n) is 7.51. The largest absolute Gasteiger partial charge is 0.355 e. The van der Waals surface area contributed by atoms with Gasteiger partial charge in [0.1, 0.15) is 0 Å². The SMILES string of the molecule is C[C@@H]1CCN(c2ccccc2)[C@H](C(=O)NC(C)(C)C)c2ccnn21. The number of rotatable bonds is 2. The number of nitrogens with zero attached hydrogens (tertiary/aromatic N) is 3. The highest BCUT2D eigenvalue weighted by atomic mass is 16.2. The molecule has 0 fully saturated rings. The summed E-state index contributed by atoms with van der Waals surface area (Å²) in [6.45, 7) is 9.00. The molecule has 2 aromatic rings. The summed E-state index contributed by atoms with van der Waals surface area (Å²) in [7, 11) is 0. The van der Waals surface area contributed by atoms with Crippen molar-refractivity contribution in [3.8, 4) is 0 Å². The van der Waals surface area contributed by atoms with E-state index in [4.69, 9.17) is 0 Å². The predicted molar refractivity (Wildman–Crippen MR) is 96.0 cm³/mol. The summed E-state index contributed by atoms with van der Waals surface area (Å²) in [4.78, 5) is 15.3. The van der Waals surface area contributed by atoms with E-state index in [0.29, 0.717) is 0 Å². The van der Waals surface area contributed by atoms with Crippen molar-refractivity contribution >= 4 is 11.6 Å². The number of carbonyl (C=O) groups is 1. The summed E-state index contributed by atoms with van der Waals surface area (Å²) in [6.07, 6.45) is 2.74. The van der Waals surface area contributed by atoms with Crippen LogP contribution < -0.4 is 10.2 Å². The number of hydrogen-bond donors (Lipinski definition) is 1. The molecule has 2 atom stereocenters. The van der Waals surface area contributed by atoms with E-state index in [1.54, 1.807) is 6.20 Å². The van der Waals surface area contributed by atoms with Gasteiger partial charge in [0, 0.05) is 24.0 Å². The Hall–Kier alpha value is -2.30. The van der Waals surface area contributed by atoms with Crippen molar-refractivity contribution in [2.45, 2.75) is 51.7 Å². The molecular formula is C19H26N4O. The van der Waals surface area contributed by atoms with Gasteiger partial charge in [-0.1, -0.05) is 18.2 Å². The molecule has 2 heterocycles. The van der Waals surface area contributed by atoms with Crippen molar-refractivity contribution in [3.05, 3.63) is 48.3 Å². The molecule has 1 N–H and O–H groups in total. The van der Waals surface area contributed by atoms with Crippen LogP contribution in [0.15, 0.2) is 42.6 Å². The van der Waals surface area contributed by atoms with Gasteiger partial charge in [0.2, 0.25) is 5.91 Å². The summed E-state index contributed by atoms with van der Waals surface area (Å²) >= 11 is 0. The number of aromatic nitrogens is 2. The number of anilines is 1. The van der Waals surface area contributed by atoms with Crippen LogP contribution in [0.2, 0.25) is 0 Å². The Morgan fingerprint density at radius 1 is 1.21 bits per heavy atom. The van der Waals surface area contributed by atoms with Gasteiger partial charge in [-0.15, -0.1) is 0 Å². The van der Waals surface area contributed by atoms with Crippen LogP contribution in [0.1, 0.15) is 51.9 Å². The zero-order valence-electron chi connectivity index (χ0n) is 14.9. The molecule has 0 radical (unpaired) electrons. The monoisotopic (exact) mass is 326 g/mol. The number of para-hydroxylation sites is 1. The Balaban J connectivity index is 2.05. The van der Waals surface area contributed by atoms with Crippen LogP contribution in [-0.2, 0) is 4.79 Å². The predicted octanol–water partition coefficient (Wildman–Crippen LogP) is 3.31. The molecule has 128 valence electrons. The second kappa shape index (κ2) is 6.30. The maximum absolute atomic E-state index is 13.1. The van der Waals surface area contributed by atoms with E-state index in [2.05, 4.69) is 34.4 Å². The normalized spacial score (nSPS) is 21.1. The Bertz CT molecular complexity index is 702. The van der Waals surface area contributed by atoms with Crippen LogP contribution in [0.4, 0.5) is 5.69 Å². The fourth-order valence-electron chi connectivity index (χ4n) is 3.26. The topological polar surface area (TPSA) is 50.2 Å². The van der Waals surface area contributed by atoms with Crippen molar-refractivity contribution in [1.29, 1.82) is 0 Å². The molecule has 3 rings (SSSR count). The summed E-state index contributed by atoms with van der Waals surface area (Å²) < 4.78 is 2.00. The lowest BCUT2D eigenvalue weighted by Gasteiger charge is -2.33. The Labute approximate surface area is 143 Å². The van der Waals surface area contributed by atoms with Crippen molar-refractivity contribution in [1.82, 2.24) is 15.1 Å². The minimum atomic E-state index is -0.376. The van der Waals surface area contributed by atoms with E-state index < -0.39 is 0 Å². The Morgan fingerprint density at radius 2 is 1.92 bits per heavy atom. The lowest BCUT2D eigenvalue weighted by Crippen LogP contribution is -2.48. The van der Waals surface area contributed by atoms with Crippen molar-refractivity contribution in [2.24, 2.45) is 0 Å². The van der Waals surface area contributed by atoms with Gasteiger partial charge in [0.05, 0.1) is 11.7 Å². The maximum Gasteiger partial charge on any atom is 0.249 e. The molecule has 1 aliphatic heterocycles. The number of hydrogen-bond acceptors (Lipinski definition) is 3. The zero-order valence-corrected chi connectivity index (χ0v) is 14.9. The minimum Gasteiger partial charge on any atom is -0.355 e. The van der Waals surface area contributed by atoms with Gasteiger partial charge >= 0.3 is 0 Å². The molecule has 0 saturated heterocycles. The molecule has 5 heteroatoms. The van der Waals surface area contributed by atoms with Crippen LogP contribution in [0.3, 0.4) is 0 Å². The van der Waals surface area contributed by atoms with Crippen molar-refractivity contribution < 1.29 is 4.79 Å². The Kier molecular flexibility index (Phi) is 4.35. The average Bonchev–Trinajstić information content (AvgIpc) is 2.94. The smallest absolute Gasteiger partial charge is 0.249 e. The summed E-state index contributed by atoms with van der Waals surface area (Å²) in [6, 6.07) is 12.0. The van der Waals surface area contributed by atoms with Gasteiger partial charge in [-0.05, 0) is 52.3 Å². The van der Waals surface area contributed by atoms with E-state index in [0.717, 1.165) is 24.3 Å². The van der Waals surface area contributed by atoms with E-state index in [1.807, 2.05) is 49.7 Å². The Morgan fingerprint density at radius 3 is 2.58 bits per heavy atom. The molecule has 1 aromatic carbocycles. The fourth-order valence-corrected chi connectivity index (χ4v) is 3.26. The van der Waals surface area contributed by atoms with Gasteiger partial charge in [-0.25, -0.2) is 0 Å². The number of nitrogens with one attached hydrogen (secondary N) is 1. The van der Waals surface area contributed by atoms with Crippen LogP contribution >= 0.6 is 0 Å². The first-order valence-corrected chi connectivity index (χ1v) is 8.54. The number of fused-ring (bicyclic) bond motifs is 1. The molecule has 24 heavy (non-hydrogen) atoms. The van der Waals surface area contributed by atoms with Crippen LogP contribution in [0.25, 0.3) is 0 Å². The van der Waals surface area contributed by atoms with Crippen LogP contribution in [0, 0.1) is 0 Å². The fraction of sp³-hybridized carbons (Fsp3) is 0.474. The number of amides is 1. The molecule has 1 aromatic heterocycles. The zero-order chi connectivity index (χ0) is 17.3. The van der Waals surface area contributed by atoms with E-state index in [-0.39, 0.29) is 23.5 Å². The molecule has 1 aliphatic rings. The van der Waals surface area contributed by atoms with Gasteiger partial charge in [0.25, 0.3) is 0 Å². The summed E-state index contributed by atoms with van der Waals surface area (Å²) in [5, 5.41) is 7.61. The molecule has 0 spiro atoms. The van der Waals surface area contributed by atoms with Gasteiger partial charge in [-0.3, -0.25) is 9.48 Å². The summed E-state index contributed by atoms with van der Waals surface area (Å²) in [5.74, 6) is 0.0159. The third-order valence-electron chi connectivity index (χ3n) is 4.33. The third-order valence-corrected chi connectivity index (χ3v) is 4.33. The molecule has 0 bridgehead atoms. The lowest BCUT2D eigenvalue weighted by atomic mass is 10.1. The van der Waals surface area contributed by atoms with Gasteiger partial charge < -0.3 is 10.2 Å². The minimum absolute atomic E-state index is 0.0159.